The molecule has 0 saturated carbocycles. The summed E-state index contributed by atoms with van der Waals surface area (Å²) in [4.78, 5) is 5.95. The molecule has 5 heteroatoms. The molecule has 0 aliphatic heterocycles. The highest BCUT2D eigenvalue weighted by Crippen LogP contribution is 2.38. The van der Waals surface area contributed by atoms with Crippen LogP contribution in [0.5, 0.6) is 0 Å². The minimum atomic E-state index is -0.375. The Morgan fingerprint density at radius 2 is 2.35 bits per heavy atom. The Morgan fingerprint density at radius 1 is 1.50 bits per heavy atom. The van der Waals surface area contributed by atoms with E-state index in [0.29, 0.717) is 11.6 Å². The number of aromatic nitrogens is 1. The van der Waals surface area contributed by atoms with E-state index < -0.39 is 0 Å². The Kier molecular flexibility index (Phi) is 4.06. The van der Waals surface area contributed by atoms with E-state index in [0.717, 1.165) is 36.5 Å². The number of hydrogen-bond acceptors (Lipinski definition) is 3. The fraction of sp³-hybridized carbons (Fsp3) is 0.400. The van der Waals surface area contributed by atoms with Crippen LogP contribution in [0.15, 0.2) is 18.2 Å². The molecule has 1 aromatic carbocycles. The summed E-state index contributed by atoms with van der Waals surface area (Å²) in [6.07, 6.45) is 3.30. The first-order valence-electron chi connectivity index (χ1n) is 6.88. The second kappa shape index (κ2) is 5.80. The number of halogens is 2. The van der Waals surface area contributed by atoms with Crippen LogP contribution in [0, 0.1) is 5.82 Å². The number of hydrogen-bond donors (Lipinski definition) is 1. The highest BCUT2D eigenvalue weighted by molar-refractivity contribution is 7.15. The van der Waals surface area contributed by atoms with Gasteiger partial charge in [0.05, 0.1) is 16.8 Å². The van der Waals surface area contributed by atoms with Gasteiger partial charge in [0.25, 0.3) is 0 Å². The van der Waals surface area contributed by atoms with Gasteiger partial charge in [-0.05, 0) is 37.9 Å². The predicted octanol–water partition coefficient (Wildman–Crippen LogP) is 4.59. The lowest BCUT2D eigenvalue weighted by Crippen LogP contribution is -2.24. The van der Waals surface area contributed by atoms with Crippen LogP contribution in [0.1, 0.15) is 36.4 Å². The highest BCUT2D eigenvalue weighted by atomic mass is 35.5. The molecule has 1 aromatic heterocycles. The van der Waals surface area contributed by atoms with Gasteiger partial charge in [0, 0.05) is 10.4 Å². The summed E-state index contributed by atoms with van der Waals surface area (Å²) in [6.45, 7) is 3.01. The number of thiazole rings is 1. The van der Waals surface area contributed by atoms with Crippen molar-refractivity contribution in [1.29, 1.82) is 0 Å². The Morgan fingerprint density at radius 3 is 3.15 bits per heavy atom. The Balaban J connectivity index is 2.02. The lowest BCUT2D eigenvalue weighted by Gasteiger charge is -2.21. The van der Waals surface area contributed by atoms with Gasteiger partial charge < -0.3 is 5.32 Å². The normalized spacial score (nSPS) is 18.1. The molecule has 0 fully saturated rings. The second-order valence-electron chi connectivity index (χ2n) is 4.93. The largest absolute Gasteiger partial charge is 0.309 e. The number of aryl methyl sites for hydroxylation is 1. The van der Waals surface area contributed by atoms with Crippen LogP contribution in [0.4, 0.5) is 4.39 Å². The smallest absolute Gasteiger partial charge is 0.152 e. The van der Waals surface area contributed by atoms with E-state index in [-0.39, 0.29) is 10.8 Å². The van der Waals surface area contributed by atoms with E-state index in [1.54, 1.807) is 29.5 Å². The topological polar surface area (TPSA) is 24.9 Å². The molecular weight excluding hydrogens is 295 g/mol. The van der Waals surface area contributed by atoms with Crippen LogP contribution >= 0.6 is 22.9 Å². The average Bonchev–Trinajstić information content (AvgIpc) is 2.87. The standard InChI is InChI=1S/C15H16ClFN2S/c1-2-18-11-7-4-8-12-14(11)19-15(20-12)9-5-3-6-10(16)13(9)17/h3,5-6,11,18H,2,4,7-8H2,1H3. The molecule has 1 N–H and O–H groups in total. The fourth-order valence-corrected chi connectivity index (χ4v) is 4.01. The number of nitrogens with zero attached hydrogens (tertiary/aromatic N) is 1. The molecule has 0 amide bonds. The molecule has 0 radical (unpaired) electrons. The van der Waals surface area contributed by atoms with E-state index in [4.69, 9.17) is 11.6 Å². The minimum absolute atomic E-state index is 0.152. The maximum atomic E-state index is 14.1. The van der Waals surface area contributed by atoms with Gasteiger partial charge in [-0.2, -0.15) is 0 Å². The summed E-state index contributed by atoms with van der Waals surface area (Å²) < 4.78 is 14.1. The van der Waals surface area contributed by atoms with Gasteiger partial charge in [0.15, 0.2) is 5.82 Å². The van der Waals surface area contributed by atoms with Crippen molar-refractivity contribution < 1.29 is 4.39 Å². The molecule has 1 atom stereocenters. The first kappa shape index (κ1) is 14.0. The first-order valence-corrected chi connectivity index (χ1v) is 8.07. The molecule has 2 aromatic rings. The molecule has 0 spiro atoms. The van der Waals surface area contributed by atoms with Crippen LogP contribution in [-0.4, -0.2) is 11.5 Å². The maximum absolute atomic E-state index is 14.1. The summed E-state index contributed by atoms with van der Waals surface area (Å²) in [6, 6.07) is 5.38. The molecule has 106 valence electrons. The van der Waals surface area contributed by atoms with Gasteiger partial charge in [-0.25, -0.2) is 9.37 Å². The molecule has 1 aliphatic carbocycles. The van der Waals surface area contributed by atoms with Gasteiger partial charge in [-0.1, -0.05) is 24.6 Å². The Hall–Kier alpha value is -0.970. The van der Waals surface area contributed by atoms with E-state index in [1.165, 1.54) is 4.88 Å². The number of nitrogens with one attached hydrogen (secondary N) is 1. The van der Waals surface area contributed by atoms with Crippen LogP contribution in [0.2, 0.25) is 5.02 Å². The number of rotatable bonds is 3. The molecule has 20 heavy (non-hydrogen) atoms. The third kappa shape index (κ3) is 2.48. The highest BCUT2D eigenvalue weighted by Gasteiger charge is 2.25. The van der Waals surface area contributed by atoms with Crippen molar-refractivity contribution in [2.45, 2.75) is 32.2 Å². The van der Waals surface area contributed by atoms with Crippen molar-refractivity contribution in [2.24, 2.45) is 0 Å². The molecule has 3 rings (SSSR count). The van der Waals surface area contributed by atoms with Crippen molar-refractivity contribution >= 4 is 22.9 Å². The molecule has 0 bridgehead atoms. The zero-order valence-electron chi connectivity index (χ0n) is 11.2. The Bertz CT molecular complexity index is 626. The fourth-order valence-electron chi connectivity index (χ4n) is 2.65. The number of benzene rings is 1. The van der Waals surface area contributed by atoms with E-state index in [1.807, 2.05) is 0 Å². The summed E-state index contributed by atoms with van der Waals surface area (Å²) in [5.41, 5.74) is 1.60. The van der Waals surface area contributed by atoms with Crippen LogP contribution in [0.3, 0.4) is 0 Å². The van der Waals surface area contributed by atoms with E-state index in [2.05, 4.69) is 17.2 Å². The quantitative estimate of drug-likeness (QED) is 0.897. The molecular formula is C15H16ClFN2S. The molecule has 1 unspecified atom stereocenters. The van der Waals surface area contributed by atoms with E-state index >= 15 is 0 Å². The van der Waals surface area contributed by atoms with Gasteiger partial charge in [0.1, 0.15) is 5.01 Å². The second-order valence-corrected chi connectivity index (χ2v) is 6.42. The average molecular weight is 311 g/mol. The number of fused-ring (bicyclic) bond motifs is 1. The Labute approximate surface area is 127 Å². The van der Waals surface area contributed by atoms with Gasteiger partial charge >= 0.3 is 0 Å². The summed E-state index contributed by atoms with van der Waals surface area (Å²) in [7, 11) is 0. The first-order chi connectivity index (χ1) is 9.70. The van der Waals surface area contributed by atoms with Gasteiger partial charge in [-0.3, -0.25) is 0 Å². The van der Waals surface area contributed by atoms with Gasteiger partial charge in [0.2, 0.25) is 0 Å². The molecule has 2 nitrogen and oxygen atoms in total. The van der Waals surface area contributed by atoms with E-state index in [9.17, 15) is 4.39 Å². The maximum Gasteiger partial charge on any atom is 0.152 e. The lowest BCUT2D eigenvalue weighted by molar-refractivity contribution is 0.465. The summed E-state index contributed by atoms with van der Waals surface area (Å²) >= 11 is 7.45. The van der Waals surface area contributed by atoms with Crippen LogP contribution in [0.25, 0.3) is 10.6 Å². The van der Waals surface area contributed by atoms with Gasteiger partial charge in [-0.15, -0.1) is 11.3 Å². The minimum Gasteiger partial charge on any atom is -0.309 e. The SMILES string of the molecule is CCNC1CCCc2sc(-c3cccc(Cl)c3F)nc21. The zero-order chi connectivity index (χ0) is 14.1. The van der Waals surface area contributed by atoms with Crippen molar-refractivity contribution in [2.75, 3.05) is 6.54 Å². The summed E-state index contributed by atoms with van der Waals surface area (Å²) in [5, 5.41) is 4.34. The zero-order valence-corrected chi connectivity index (χ0v) is 12.8. The third-order valence-corrected chi connectivity index (χ3v) is 5.04. The van der Waals surface area contributed by atoms with Crippen molar-refractivity contribution in [1.82, 2.24) is 10.3 Å². The monoisotopic (exact) mass is 310 g/mol. The van der Waals surface area contributed by atoms with Crippen molar-refractivity contribution in [3.05, 3.63) is 39.6 Å². The van der Waals surface area contributed by atoms with Crippen LogP contribution < -0.4 is 5.32 Å². The predicted molar refractivity (Wildman–Crippen MR) is 81.9 cm³/mol. The van der Waals surface area contributed by atoms with Crippen molar-refractivity contribution in [3.8, 4) is 10.6 Å². The van der Waals surface area contributed by atoms with Crippen molar-refractivity contribution in [3.63, 3.8) is 0 Å². The molecule has 1 aliphatic rings. The third-order valence-electron chi connectivity index (χ3n) is 3.59. The molecule has 1 heterocycles. The summed E-state index contributed by atoms with van der Waals surface area (Å²) in [5.74, 6) is -0.375. The lowest BCUT2D eigenvalue weighted by atomic mass is 9.97. The van der Waals surface area contributed by atoms with Crippen LogP contribution in [-0.2, 0) is 6.42 Å². The molecule has 0 saturated heterocycles.